The quantitative estimate of drug-likeness (QED) is 0.876. The number of hydrogen-bond donors (Lipinski definition) is 1. The van der Waals surface area contributed by atoms with E-state index in [-0.39, 0.29) is 12.0 Å². The molecule has 1 fully saturated rings. The fraction of sp³-hybridized carbons (Fsp3) is 0.333. The van der Waals surface area contributed by atoms with Gasteiger partial charge < -0.3 is 10.5 Å². The van der Waals surface area contributed by atoms with Gasteiger partial charge in [-0.25, -0.2) is 4.79 Å². The molecule has 2 N–H and O–H groups in total. The van der Waals surface area contributed by atoms with Gasteiger partial charge in [0.05, 0.1) is 11.6 Å². The SMILES string of the molecule is N#Cc1ccc(Cl)cc1C1CC(OC(N)=O)C1. The summed E-state index contributed by atoms with van der Waals surface area (Å²) in [6.45, 7) is 0. The Hall–Kier alpha value is -1.73. The molecule has 0 spiro atoms. The highest BCUT2D eigenvalue weighted by Gasteiger charge is 2.34. The molecule has 1 aromatic rings. The van der Waals surface area contributed by atoms with Crippen LogP contribution in [0.25, 0.3) is 0 Å². The van der Waals surface area contributed by atoms with Gasteiger partial charge in [0.2, 0.25) is 0 Å². The lowest BCUT2D eigenvalue weighted by atomic mass is 9.76. The number of hydrogen-bond acceptors (Lipinski definition) is 3. The second-order valence-corrected chi connectivity index (χ2v) is 4.51. The topological polar surface area (TPSA) is 76.1 Å². The predicted molar refractivity (Wildman–Crippen MR) is 62.6 cm³/mol. The average Bonchev–Trinajstić information content (AvgIpc) is 2.22. The first-order chi connectivity index (χ1) is 8.10. The number of halogens is 1. The smallest absolute Gasteiger partial charge is 0.404 e. The van der Waals surface area contributed by atoms with Crippen LogP contribution >= 0.6 is 11.6 Å². The van der Waals surface area contributed by atoms with E-state index in [2.05, 4.69) is 6.07 Å². The molecule has 4 nitrogen and oxygen atoms in total. The molecule has 0 bridgehead atoms. The third-order valence-corrected chi connectivity index (χ3v) is 3.19. The third-order valence-electron chi connectivity index (χ3n) is 2.95. The van der Waals surface area contributed by atoms with Gasteiger partial charge >= 0.3 is 6.09 Å². The standard InChI is InChI=1S/C12H11ClN2O2/c13-9-2-1-7(6-14)11(5-9)8-3-10(4-8)17-12(15)16/h1-2,5,8,10H,3-4H2,(H2,15,16). The van der Waals surface area contributed by atoms with E-state index in [1.54, 1.807) is 18.2 Å². The van der Waals surface area contributed by atoms with Crippen molar-refractivity contribution in [3.63, 3.8) is 0 Å². The van der Waals surface area contributed by atoms with Gasteiger partial charge in [-0.1, -0.05) is 11.6 Å². The monoisotopic (exact) mass is 250 g/mol. The lowest BCUT2D eigenvalue weighted by Gasteiger charge is -2.34. The zero-order valence-corrected chi connectivity index (χ0v) is 9.78. The van der Waals surface area contributed by atoms with E-state index in [1.807, 2.05) is 0 Å². The van der Waals surface area contributed by atoms with Crippen LogP contribution in [0.1, 0.15) is 29.9 Å². The van der Waals surface area contributed by atoms with Gasteiger partial charge in [-0.15, -0.1) is 0 Å². The fourth-order valence-electron chi connectivity index (χ4n) is 2.05. The average molecular weight is 251 g/mol. The van der Waals surface area contributed by atoms with Crippen LogP contribution in [0.5, 0.6) is 0 Å². The zero-order chi connectivity index (χ0) is 12.4. The highest BCUT2D eigenvalue weighted by Crippen LogP contribution is 2.40. The Balaban J connectivity index is 2.08. The Morgan fingerprint density at radius 3 is 2.82 bits per heavy atom. The number of amides is 1. The summed E-state index contributed by atoms with van der Waals surface area (Å²) in [5.41, 5.74) is 6.48. The molecule has 1 saturated carbocycles. The van der Waals surface area contributed by atoms with Crippen molar-refractivity contribution in [3.8, 4) is 6.07 Å². The van der Waals surface area contributed by atoms with Crippen molar-refractivity contribution in [3.05, 3.63) is 34.3 Å². The van der Waals surface area contributed by atoms with Crippen LogP contribution in [0.15, 0.2) is 18.2 Å². The predicted octanol–water partition coefficient (Wildman–Crippen LogP) is 2.55. The number of benzene rings is 1. The second kappa shape index (κ2) is 4.64. The lowest BCUT2D eigenvalue weighted by molar-refractivity contribution is 0.0454. The summed E-state index contributed by atoms with van der Waals surface area (Å²) in [7, 11) is 0. The Bertz CT molecular complexity index is 490. The molecule has 1 aromatic carbocycles. The van der Waals surface area contributed by atoms with E-state index < -0.39 is 6.09 Å². The maximum absolute atomic E-state index is 10.5. The van der Waals surface area contributed by atoms with Crippen LogP contribution in [-0.4, -0.2) is 12.2 Å². The minimum absolute atomic E-state index is 0.136. The van der Waals surface area contributed by atoms with E-state index in [9.17, 15) is 4.79 Å². The molecule has 1 aliphatic rings. The Kier molecular flexibility index (Phi) is 3.21. The largest absolute Gasteiger partial charge is 0.446 e. The molecule has 0 aliphatic heterocycles. The number of rotatable bonds is 2. The Morgan fingerprint density at radius 2 is 2.24 bits per heavy atom. The Labute approximate surface area is 104 Å². The van der Waals surface area contributed by atoms with Crippen molar-refractivity contribution >= 4 is 17.7 Å². The summed E-state index contributed by atoms with van der Waals surface area (Å²) in [5.74, 6) is 0.215. The summed E-state index contributed by atoms with van der Waals surface area (Å²) >= 11 is 5.90. The van der Waals surface area contributed by atoms with Crippen molar-refractivity contribution in [1.82, 2.24) is 0 Å². The molecule has 0 aromatic heterocycles. The molecular formula is C12H11ClN2O2. The molecule has 0 atom stereocenters. The normalized spacial score (nSPS) is 22.4. The summed E-state index contributed by atoms with van der Waals surface area (Å²) in [6, 6.07) is 7.34. The van der Waals surface area contributed by atoms with E-state index >= 15 is 0 Å². The molecule has 0 heterocycles. The van der Waals surface area contributed by atoms with Crippen LogP contribution in [0.3, 0.4) is 0 Å². The first-order valence-corrected chi connectivity index (χ1v) is 5.63. The van der Waals surface area contributed by atoms with Crippen LogP contribution in [0.4, 0.5) is 4.79 Å². The number of nitrogens with two attached hydrogens (primary N) is 1. The van der Waals surface area contributed by atoms with E-state index in [4.69, 9.17) is 27.3 Å². The molecule has 1 aliphatic carbocycles. The van der Waals surface area contributed by atoms with Crippen LogP contribution < -0.4 is 5.73 Å². The molecular weight excluding hydrogens is 240 g/mol. The lowest BCUT2D eigenvalue weighted by Crippen LogP contribution is -2.34. The molecule has 0 saturated heterocycles. The van der Waals surface area contributed by atoms with E-state index in [1.165, 1.54) is 0 Å². The number of carbonyl (C=O) groups excluding carboxylic acids is 1. The minimum atomic E-state index is -0.750. The van der Waals surface area contributed by atoms with Gasteiger partial charge in [0.15, 0.2) is 0 Å². The summed E-state index contributed by atoms with van der Waals surface area (Å²) in [5, 5.41) is 9.60. The molecule has 17 heavy (non-hydrogen) atoms. The highest BCUT2D eigenvalue weighted by molar-refractivity contribution is 6.30. The third kappa shape index (κ3) is 2.51. The molecule has 1 amide bonds. The van der Waals surface area contributed by atoms with E-state index in [0.29, 0.717) is 23.4 Å². The maximum atomic E-state index is 10.5. The molecule has 5 heteroatoms. The van der Waals surface area contributed by atoms with Gasteiger partial charge in [-0.05, 0) is 42.5 Å². The highest BCUT2D eigenvalue weighted by atomic mass is 35.5. The van der Waals surface area contributed by atoms with Crippen molar-refractivity contribution in [2.24, 2.45) is 5.73 Å². The first kappa shape index (κ1) is 11.7. The van der Waals surface area contributed by atoms with Crippen molar-refractivity contribution in [2.45, 2.75) is 24.9 Å². The van der Waals surface area contributed by atoms with Gasteiger partial charge in [-0.3, -0.25) is 0 Å². The summed E-state index contributed by atoms with van der Waals surface area (Å²) in [6.07, 6.45) is 0.499. The maximum Gasteiger partial charge on any atom is 0.404 e. The van der Waals surface area contributed by atoms with Crippen LogP contribution in [0.2, 0.25) is 5.02 Å². The number of nitrogens with zero attached hydrogens (tertiary/aromatic N) is 1. The molecule has 0 radical (unpaired) electrons. The summed E-state index contributed by atoms with van der Waals surface area (Å²) in [4.78, 5) is 10.5. The van der Waals surface area contributed by atoms with E-state index in [0.717, 1.165) is 5.56 Å². The number of ether oxygens (including phenoxy) is 1. The van der Waals surface area contributed by atoms with Crippen LogP contribution in [0, 0.1) is 11.3 Å². The van der Waals surface area contributed by atoms with Crippen LogP contribution in [-0.2, 0) is 4.74 Å². The van der Waals surface area contributed by atoms with Crippen molar-refractivity contribution in [1.29, 1.82) is 5.26 Å². The zero-order valence-electron chi connectivity index (χ0n) is 9.02. The molecule has 88 valence electrons. The van der Waals surface area contributed by atoms with Crippen molar-refractivity contribution < 1.29 is 9.53 Å². The van der Waals surface area contributed by atoms with Gasteiger partial charge in [0.25, 0.3) is 0 Å². The second-order valence-electron chi connectivity index (χ2n) is 4.07. The molecule has 0 unspecified atom stereocenters. The number of carbonyl (C=O) groups is 1. The van der Waals surface area contributed by atoms with Gasteiger partial charge in [0.1, 0.15) is 6.10 Å². The molecule has 2 rings (SSSR count). The minimum Gasteiger partial charge on any atom is -0.446 e. The van der Waals surface area contributed by atoms with Gasteiger partial charge in [-0.2, -0.15) is 5.26 Å². The fourth-order valence-corrected chi connectivity index (χ4v) is 2.23. The van der Waals surface area contributed by atoms with Crippen molar-refractivity contribution in [2.75, 3.05) is 0 Å². The first-order valence-electron chi connectivity index (χ1n) is 5.25. The number of nitriles is 1. The Morgan fingerprint density at radius 1 is 1.53 bits per heavy atom. The number of primary amides is 1. The summed E-state index contributed by atoms with van der Waals surface area (Å²) < 4.78 is 4.86. The van der Waals surface area contributed by atoms with Gasteiger partial charge in [0, 0.05) is 5.02 Å².